The zero-order valence-corrected chi connectivity index (χ0v) is 5.06. The smallest absolute Gasteiger partial charge is 0.157 e. The van der Waals surface area contributed by atoms with Crippen LogP contribution in [0.1, 0.15) is 13.3 Å². The topological polar surface area (TPSA) is 37.3 Å². The van der Waals surface area contributed by atoms with Crippen LogP contribution in [0.3, 0.4) is 0 Å². The molecular weight excluding hydrogens is 138 g/mol. The average molecular weight is 149 g/mol. The van der Waals surface area contributed by atoms with Crippen molar-refractivity contribution in [3.05, 3.63) is 11.9 Å². The van der Waals surface area contributed by atoms with Crippen molar-refractivity contribution in [3.8, 4) is 0 Å². The first-order chi connectivity index (χ1) is 3.27. The first-order valence-corrected chi connectivity index (χ1v) is 3.37. The van der Waals surface area contributed by atoms with E-state index in [-0.39, 0.29) is 17.4 Å². The third kappa shape index (κ3) is 9.59. The van der Waals surface area contributed by atoms with E-state index in [4.69, 9.17) is 4.89 Å². The van der Waals surface area contributed by atoms with Gasteiger partial charge in [0.2, 0.25) is 0 Å². The molecule has 46 valence electrons. The SMILES string of the molecule is CCC=C[P+](=O)O.[AlH3]. The van der Waals surface area contributed by atoms with Crippen molar-refractivity contribution in [1.82, 2.24) is 0 Å². The number of hydrogen-bond donors (Lipinski definition) is 1. The van der Waals surface area contributed by atoms with Gasteiger partial charge in [0.15, 0.2) is 23.2 Å². The molecule has 4 heteroatoms. The summed E-state index contributed by atoms with van der Waals surface area (Å²) < 4.78 is 9.82. The molecule has 0 heterocycles. The second-order valence-corrected chi connectivity index (χ2v) is 2.00. The molecule has 0 aliphatic heterocycles. The van der Waals surface area contributed by atoms with E-state index in [1.807, 2.05) is 6.92 Å². The molecule has 0 saturated carbocycles. The van der Waals surface area contributed by atoms with Crippen molar-refractivity contribution in [1.29, 1.82) is 0 Å². The average Bonchev–Trinajstić information content (AvgIpc) is 1.61. The van der Waals surface area contributed by atoms with Crippen LogP contribution in [0.15, 0.2) is 11.9 Å². The summed E-state index contributed by atoms with van der Waals surface area (Å²) in [6.07, 6.45) is 2.49. The Balaban J connectivity index is 0. The van der Waals surface area contributed by atoms with Crippen LogP contribution >= 0.6 is 8.03 Å². The predicted molar refractivity (Wildman–Crippen MR) is 39.2 cm³/mol. The highest BCUT2D eigenvalue weighted by Crippen LogP contribution is 2.13. The zero-order valence-electron chi connectivity index (χ0n) is 4.16. The highest BCUT2D eigenvalue weighted by Gasteiger charge is 1.97. The Morgan fingerprint density at radius 3 is 2.38 bits per heavy atom. The summed E-state index contributed by atoms with van der Waals surface area (Å²) in [6.45, 7) is 1.91. The lowest BCUT2D eigenvalue weighted by Gasteiger charge is -1.62. The van der Waals surface area contributed by atoms with Crippen molar-refractivity contribution in [2.24, 2.45) is 0 Å². The molecule has 0 aromatic heterocycles. The quantitative estimate of drug-likeness (QED) is 0.457. The minimum absolute atomic E-state index is 0. The molecule has 1 unspecified atom stereocenters. The van der Waals surface area contributed by atoms with Crippen molar-refractivity contribution in [3.63, 3.8) is 0 Å². The standard InChI is InChI=1S/C4H7O2P.Al.3H/c1-2-3-4-7(5)6;;;;/h3-4H,2H2,1H3;;;;/p+1. The maximum absolute atomic E-state index is 9.82. The van der Waals surface area contributed by atoms with Gasteiger partial charge in [0.05, 0.1) is 0 Å². The zero-order chi connectivity index (χ0) is 5.70. The molecule has 0 amide bonds. The summed E-state index contributed by atoms with van der Waals surface area (Å²) in [5.74, 6) is 1.29. The minimum atomic E-state index is -2.04. The molecule has 2 nitrogen and oxygen atoms in total. The van der Waals surface area contributed by atoms with Crippen LogP contribution in [0, 0.1) is 0 Å². The largest absolute Gasteiger partial charge is 0.537 e. The van der Waals surface area contributed by atoms with E-state index >= 15 is 0 Å². The lowest BCUT2D eigenvalue weighted by molar-refractivity contribution is 0.512. The summed E-state index contributed by atoms with van der Waals surface area (Å²) in [5, 5.41) is 0. The highest BCUT2D eigenvalue weighted by atomic mass is 31.1. The summed E-state index contributed by atoms with van der Waals surface area (Å²) in [5.41, 5.74) is 0. The van der Waals surface area contributed by atoms with Gasteiger partial charge >= 0.3 is 8.03 Å². The van der Waals surface area contributed by atoms with Gasteiger partial charge in [-0.15, -0.1) is 0 Å². The van der Waals surface area contributed by atoms with E-state index in [0.717, 1.165) is 6.42 Å². The van der Waals surface area contributed by atoms with Crippen LogP contribution in [0.5, 0.6) is 0 Å². The summed E-state index contributed by atoms with van der Waals surface area (Å²) in [6, 6.07) is 0. The molecule has 0 bridgehead atoms. The molecule has 0 rings (SSSR count). The van der Waals surface area contributed by atoms with Crippen LogP contribution in [-0.2, 0) is 4.57 Å². The molecule has 1 atom stereocenters. The van der Waals surface area contributed by atoms with E-state index in [9.17, 15) is 4.57 Å². The van der Waals surface area contributed by atoms with Gasteiger partial charge in [0.25, 0.3) is 0 Å². The first-order valence-electron chi connectivity index (χ1n) is 2.09. The Kier molecular flexibility index (Phi) is 10.2. The maximum Gasteiger partial charge on any atom is 0.537 e. The third-order valence-corrected chi connectivity index (χ3v) is 0.935. The van der Waals surface area contributed by atoms with Crippen LogP contribution < -0.4 is 0 Å². The molecule has 1 N–H and O–H groups in total. The van der Waals surface area contributed by atoms with Crippen LogP contribution in [-0.4, -0.2) is 22.3 Å². The molecule has 0 aromatic rings. The number of hydrogen-bond acceptors (Lipinski definition) is 1. The van der Waals surface area contributed by atoms with Crippen LogP contribution in [0.2, 0.25) is 0 Å². The summed E-state index contributed by atoms with van der Waals surface area (Å²) >= 11 is 0. The second kappa shape index (κ2) is 7.33. The van der Waals surface area contributed by atoms with Crippen molar-refractivity contribution in [2.45, 2.75) is 13.3 Å². The van der Waals surface area contributed by atoms with Gasteiger partial charge in [-0.25, -0.2) is 0 Å². The summed E-state index contributed by atoms with van der Waals surface area (Å²) in [7, 11) is -2.04. The second-order valence-electron chi connectivity index (χ2n) is 1.10. The molecule has 0 fully saturated rings. The first kappa shape index (κ1) is 11.2. The van der Waals surface area contributed by atoms with Gasteiger partial charge in [-0.1, -0.05) is 6.92 Å². The van der Waals surface area contributed by atoms with Crippen molar-refractivity contribution in [2.75, 3.05) is 0 Å². The van der Waals surface area contributed by atoms with Gasteiger partial charge in [-0.2, -0.15) is 4.89 Å². The van der Waals surface area contributed by atoms with Gasteiger partial charge in [0, 0.05) is 0 Å². The predicted octanol–water partition coefficient (Wildman–Crippen LogP) is 0.461. The third-order valence-electron chi connectivity index (χ3n) is 0.469. The molecule has 0 radical (unpaired) electrons. The Hall–Kier alpha value is 0.332. The Bertz CT molecular complexity index is 92.0. The van der Waals surface area contributed by atoms with Gasteiger partial charge < -0.3 is 0 Å². The van der Waals surface area contributed by atoms with E-state index in [2.05, 4.69) is 0 Å². The number of rotatable bonds is 2. The van der Waals surface area contributed by atoms with E-state index in [1.165, 1.54) is 5.82 Å². The fraction of sp³-hybridized carbons (Fsp3) is 0.500. The number of allylic oxidation sites excluding steroid dienone is 1. The molecule has 0 saturated heterocycles. The fourth-order valence-corrected chi connectivity index (χ4v) is 0.587. The van der Waals surface area contributed by atoms with Crippen LogP contribution in [0.4, 0.5) is 0 Å². The Morgan fingerprint density at radius 2 is 2.25 bits per heavy atom. The van der Waals surface area contributed by atoms with Gasteiger partial charge in [-0.3, -0.25) is 0 Å². The maximum atomic E-state index is 9.82. The van der Waals surface area contributed by atoms with E-state index in [0.29, 0.717) is 0 Å². The summed E-state index contributed by atoms with van der Waals surface area (Å²) in [4.78, 5) is 8.11. The lowest BCUT2D eigenvalue weighted by Crippen LogP contribution is -1.48. The van der Waals surface area contributed by atoms with Crippen molar-refractivity contribution >= 4 is 25.4 Å². The Morgan fingerprint density at radius 1 is 1.75 bits per heavy atom. The lowest BCUT2D eigenvalue weighted by atomic mass is 10.5. The monoisotopic (exact) mass is 149 g/mol. The molecule has 8 heavy (non-hydrogen) atoms. The molecular formula is C4H11AlO2P+. The van der Waals surface area contributed by atoms with E-state index in [1.54, 1.807) is 6.08 Å². The van der Waals surface area contributed by atoms with Crippen molar-refractivity contribution < 1.29 is 9.46 Å². The molecule has 0 aliphatic rings. The normalized spacial score (nSPS) is 11.0. The highest BCUT2D eigenvalue weighted by molar-refractivity contribution is 7.41. The fourth-order valence-electron chi connectivity index (χ4n) is 0.196. The molecule has 0 aromatic carbocycles. The Labute approximate surface area is 60.6 Å². The van der Waals surface area contributed by atoms with E-state index < -0.39 is 8.03 Å². The molecule has 0 spiro atoms. The van der Waals surface area contributed by atoms with Crippen LogP contribution in [0.25, 0.3) is 0 Å². The van der Waals surface area contributed by atoms with Gasteiger partial charge in [-0.05, 0) is 17.1 Å². The molecule has 0 aliphatic carbocycles. The van der Waals surface area contributed by atoms with Gasteiger partial charge in [0.1, 0.15) is 0 Å². The minimum Gasteiger partial charge on any atom is -0.157 e.